The maximum Gasteiger partial charge on any atom is 0.416 e. The van der Waals surface area contributed by atoms with E-state index in [-0.39, 0.29) is 5.56 Å². The monoisotopic (exact) mass is 368 g/mol. The van der Waals surface area contributed by atoms with Crippen LogP contribution in [0.2, 0.25) is 0 Å². The summed E-state index contributed by atoms with van der Waals surface area (Å²) in [5.41, 5.74) is -0.216. The zero-order chi connectivity index (χ0) is 18.7. The van der Waals surface area contributed by atoms with Crippen molar-refractivity contribution >= 4 is 0 Å². The molecule has 2 aromatic carbocycles. The SMILES string of the molecule is COc1ccc(F)cc1C(c1ccccc1C(F)(F)F)N1CCNCC1. The van der Waals surface area contributed by atoms with Gasteiger partial charge in [-0.1, -0.05) is 18.2 Å². The highest BCUT2D eigenvalue weighted by molar-refractivity contribution is 5.45. The average molecular weight is 368 g/mol. The third-order valence-corrected chi connectivity index (χ3v) is 4.56. The van der Waals surface area contributed by atoms with Crippen molar-refractivity contribution in [2.45, 2.75) is 12.2 Å². The summed E-state index contributed by atoms with van der Waals surface area (Å²) in [6, 6.07) is 8.67. The van der Waals surface area contributed by atoms with Gasteiger partial charge in [-0.2, -0.15) is 13.2 Å². The number of nitrogens with one attached hydrogen (secondary N) is 1. The van der Waals surface area contributed by atoms with E-state index in [2.05, 4.69) is 5.32 Å². The Labute approximate surface area is 149 Å². The molecule has 140 valence electrons. The van der Waals surface area contributed by atoms with Crippen LogP contribution in [0.25, 0.3) is 0 Å². The van der Waals surface area contributed by atoms with Crippen molar-refractivity contribution in [3.63, 3.8) is 0 Å². The second kappa shape index (κ2) is 7.63. The summed E-state index contributed by atoms with van der Waals surface area (Å²) in [5, 5.41) is 3.19. The molecule has 0 amide bonds. The lowest BCUT2D eigenvalue weighted by atomic mass is 9.91. The first-order valence-corrected chi connectivity index (χ1v) is 8.36. The molecule has 7 heteroatoms. The van der Waals surface area contributed by atoms with E-state index in [0.717, 1.165) is 6.07 Å². The van der Waals surface area contributed by atoms with Crippen LogP contribution in [-0.2, 0) is 6.18 Å². The van der Waals surface area contributed by atoms with E-state index in [1.165, 1.54) is 37.4 Å². The number of benzene rings is 2. The van der Waals surface area contributed by atoms with E-state index in [9.17, 15) is 17.6 Å². The van der Waals surface area contributed by atoms with Crippen LogP contribution in [0.3, 0.4) is 0 Å². The van der Waals surface area contributed by atoms with Gasteiger partial charge in [0.2, 0.25) is 0 Å². The van der Waals surface area contributed by atoms with Gasteiger partial charge in [-0.25, -0.2) is 4.39 Å². The molecule has 0 aliphatic carbocycles. The second-order valence-electron chi connectivity index (χ2n) is 6.16. The van der Waals surface area contributed by atoms with Crippen molar-refractivity contribution in [1.82, 2.24) is 10.2 Å². The average Bonchev–Trinajstić information content (AvgIpc) is 2.63. The lowest BCUT2D eigenvalue weighted by Gasteiger charge is -2.37. The predicted octanol–water partition coefficient (Wildman–Crippen LogP) is 3.85. The minimum atomic E-state index is -4.50. The fourth-order valence-electron chi connectivity index (χ4n) is 3.41. The first-order valence-electron chi connectivity index (χ1n) is 8.36. The Bertz CT molecular complexity index is 757. The summed E-state index contributed by atoms with van der Waals surface area (Å²) >= 11 is 0. The van der Waals surface area contributed by atoms with Gasteiger partial charge in [0.05, 0.1) is 18.7 Å². The van der Waals surface area contributed by atoms with Crippen LogP contribution in [0.5, 0.6) is 5.75 Å². The number of alkyl halides is 3. The summed E-state index contributed by atoms with van der Waals surface area (Å²) in [6.07, 6.45) is -4.50. The van der Waals surface area contributed by atoms with Gasteiger partial charge in [0.15, 0.2) is 0 Å². The van der Waals surface area contributed by atoms with Gasteiger partial charge >= 0.3 is 6.18 Å². The Balaban J connectivity index is 2.19. The van der Waals surface area contributed by atoms with Crippen LogP contribution >= 0.6 is 0 Å². The standard InChI is InChI=1S/C19H20F4N2O/c1-26-17-7-6-13(20)12-15(17)18(25-10-8-24-9-11-25)14-4-2-3-5-16(14)19(21,22)23/h2-7,12,18,24H,8-11H2,1H3. The number of hydrogen-bond donors (Lipinski definition) is 1. The molecule has 0 aromatic heterocycles. The lowest BCUT2D eigenvalue weighted by Crippen LogP contribution is -2.45. The first kappa shape index (κ1) is 18.7. The van der Waals surface area contributed by atoms with Gasteiger partial charge in [-0.05, 0) is 29.8 Å². The molecule has 1 aliphatic heterocycles. The van der Waals surface area contributed by atoms with Crippen molar-refractivity contribution in [2.24, 2.45) is 0 Å². The van der Waals surface area contributed by atoms with E-state index < -0.39 is 23.6 Å². The van der Waals surface area contributed by atoms with E-state index >= 15 is 0 Å². The number of hydrogen-bond acceptors (Lipinski definition) is 3. The lowest BCUT2D eigenvalue weighted by molar-refractivity contribution is -0.138. The highest BCUT2D eigenvalue weighted by Crippen LogP contribution is 2.41. The normalized spacial score (nSPS) is 17.1. The Morgan fingerprint density at radius 3 is 2.38 bits per heavy atom. The topological polar surface area (TPSA) is 24.5 Å². The molecule has 1 aliphatic rings. The molecule has 1 saturated heterocycles. The molecule has 0 saturated carbocycles. The highest BCUT2D eigenvalue weighted by Gasteiger charge is 2.38. The zero-order valence-electron chi connectivity index (χ0n) is 14.3. The predicted molar refractivity (Wildman–Crippen MR) is 90.7 cm³/mol. The van der Waals surface area contributed by atoms with E-state index in [0.29, 0.717) is 37.5 Å². The van der Waals surface area contributed by atoms with Crippen molar-refractivity contribution < 1.29 is 22.3 Å². The number of halogens is 4. The fraction of sp³-hybridized carbons (Fsp3) is 0.368. The fourth-order valence-corrected chi connectivity index (χ4v) is 3.41. The van der Waals surface area contributed by atoms with Gasteiger partial charge in [0.25, 0.3) is 0 Å². The van der Waals surface area contributed by atoms with Crippen LogP contribution in [0.4, 0.5) is 17.6 Å². The van der Waals surface area contributed by atoms with Gasteiger partial charge < -0.3 is 10.1 Å². The van der Waals surface area contributed by atoms with Gasteiger partial charge in [-0.15, -0.1) is 0 Å². The van der Waals surface area contributed by atoms with Crippen molar-refractivity contribution in [2.75, 3.05) is 33.3 Å². The van der Waals surface area contributed by atoms with Crippen LogP contribution in [0.1, 0.15) is 22.7 Å². The number of methoxy groups -OCH3 is 1. The molecule has 0 bridgehead atoms. The minimum Gasteiger partial charge on any atom is -0.496 e. The van der Waals surface area contributed by atoms with Crippen molar-refractivity contribution in [3.8, 4) is 5.75 Å². The third-order valence-electron chi connectivity index (χ3n) is 4.56. The molecule has 3 nitrogen and oxygen atoms in total. The zero-order valence-corrected chi connectivity index (χ0v) is 14.3. The molecule has 1 heterocycles. The molecule has 1 N–H and O–H groups in total. The number of rotatable bonds is 4. The Morgan fingerprint density at radius 2 is 1.73 bits per heavy atom. The molecule has 0 spiro atoms. The molecule has 26 heavy (non-hydrogen) atoms. The van der Waals surface area contributed by atoms with Crippen LogP contribution in [0.15, 0.2) is 42.5 Å². The molecular weight excluding hydrogens is 348 g/mol. The van der Waals surface area contributed by atoms with Crippen molar-refractivity contribution in [3.05, 3.63) is 65.0 Å². The molecular formula is C19H20F4N2O. The van der Waals surface area contributed by atoms with Gasteiger partial charge in [0, 0.05) is 31.7 Å². The Kier molecular flexibility index (Phi) is 5.48. The molecule has 1 atom stereocenters. The molecule has 1 unspecified atom stereocenters. The second-order valence-corrected chi connectivity index (χ2v) is 6.16. The molecule has 2 aromatic rings. The van der Waals surface area contributed by atoms with Crippen LogP contribution < -0.4 is 10.1 Å². The summed E-state index contributed by atoms with van der Waals surface area (Å²) < 4.78 is 60.1. The third kappa shape index (κ3) is 3.83. The Morgan fingerprint density at radius 1 is 1.04 bits per heavy atom. The maximum atomic E-state index is 14.0. The van der Waals surface area contributed by atoms with E-state index in [4.69, 9.17) is 4.74 Å². The van der Waals surface area contributed by atoms with E-state index in [1.54, 1.807) is 6.07 Å². The van der Waals surface area contributed by atoms with Gasteiger partial charge in [0.1, 0.15) is 11.6 Å². The minimum absolute atomic E-state index is 0.103. The first-order chi connectivity index (χ1) is 12.4. The number of ether oxygens (including phenoxy) is 1. The quantitative estimate of drug-likeness (QED) is 0.830. The number of nitrogens with zero attached hydrogens (tertiary/aromatic N) is 1. The number of piperazine rings is 1. The molecule has 3 rings (SSSR count). The maximum absolute atomic E-state index is 14.0. The molecule has 1 fully saturated rings. The smallest absolute Gasteiger partial charge is 0.416 e. The van der Waals surface area contributed by atoms with Crippen LogP contribution in [0, 0.1) is 5.82 Å². The summed E-state index contributed by atoms with van der Waals surface area (Å²) in [4.78, 5) is 1.93. The summed E-state index contributed by atoms with van der Waals surface area (Å²) in [5.74, 6) is -0.141. The van der Waals surface area contributed by atoms with Crippen molar-refractivity contribution in [1.29, 1.82) is 0 Å². The largest absolute Gasteiger partial charge is 0.496 e. The highest BCUT2D eigenvalue weighted by atomic mass is 19.4. The Hall–Kier alpha value is -2.12. The van der Waals surface area contributed by atoms with E-state index in [1.807, 2.05) is 4.90 Å². The summed E-state index contributed by atoms with van der Waals surface area (Å²) in [7, 11) is 1.43. The molecule has 0 radical (unpaired) electrons. The summed E-state index contributed by atoms with van der Waals surface area (Å²) in [6.45, 7) is 2.41. The van der Waals surface area contributed by atoms with Crippen LogP contribution in [-0.4, -0.2) is 38.2 Å². The van der Waals surface area contributed by atoms with Gasteiger partial charge in [-0.3, -0.25) is 4.90 Å².